The van der Waals surface area contributed by atoms with Crippen molar-refractivity contribution in [3.8, 4) is 0 Å². The fourth-order valence-corrected chi connectivity index (χ4v) is 2.57. The van der Waals surface area contributed by atoms with E-state index < -0.39 is 0 Å². The Morgan fingerprint density at radius 3 is 3.05 bits per heavy atom. The Kier molecular flexibility index (Phi) is 3.07. The number of fused-ring (bicyclic) bond motifs is 1. The third-order valence-electron chi connectivity index (χ3n) is 3.72. The molecular weight excluding hydrogens is 238 g/mol. The van der Waals surface area contributed by atoms with Crippen LogP contribution < -0.4 is 5.32 Å². The molecule has 2 aromatic rings. The number of aromatic amines is 1. The molecule has 0 aliphatic heterocycles. The second-order valence-corrected chi connectivity index (χ2v) is 4.99. The van der Waals surface area contributed by atoms with E-state index in [1.54, 1.807) is 0 Å². The zero-order valence-electron chi connectivity index (χ0n) is 11.0. The highest BCUT2D eigenvalue weighted by atomic mass is 16.1. The van der Waals surface area contributed by atoms with Gasteiger partial charge in [-0.3, -0.25) is 9.89 Å². The van der Waals surface area contributed by atoms with Crippen LogP contribution in [0.1, 0.15) is 39.3 Å². The Bertz CT molecular complexity index is 616. The summed E-state index contributed by atoms with van der Waals surface area (Å²) in [5, 5.41) is 10.1. The number of carbonyl (C=O) groups is 1. The van der Waals surface area contributed by atoms with E-state index in [4.69, 9.17) is 0 Å². The molecule has 0 saturated heterocycles. The molecule has 0 fully saturated rings. The lowest BCUT2D eigenvalue weighted by Crippen LogP contribution is -2.24. The van der Waals surface area contributed by atoms with Crippen LogP contribution in [0.5, 0.6) is 0 Å². The van der Waals surface area contributed by atoms with E-state index in [-0.39, 0.29) is 5.91 Å². The third kappa shape index (κ3) is 2.26. The van der Waals surface area contributed by atoms with Crippen molar-refractivity contribution in [1.82, 2.24) is 15.5 Å². The van der Waals surface area contributed by atoms with E-state index in [0.29, 0.717) is 12.2 Å². The van der Waals surface area contributed by atoms with Crippen LogP contribution in [0.4, 0.5) is 0 Å². The molecule has 19 heavy (non-hydrogen) atoms. The number of benzene rings is 1. The number of aromatic nitrogens is 2. The van der Waals surface area contributed by atoms with E-state index in [0.717, 1.165) is 36.1 Å². The summed E-state index contributed by atoms with van der Waals surface area (Å²) in [5.41, 5.74) is 5.13. The number of nitrogens with one attached hydrogen (secondary N) is 2. The highest BCUT2D eigenvalue weighted by Gasteiger charge is 2.22. The van der Waals surface area contributed by atoms with Gasteiger partial charge >= 0.3 is 0 Å². The van der Waals surface area contributed by atoms with Crippen LogP contribution >= 0.6 is 0 Å². The van der Waals surface area contributed by atoms with Gasteiger partial charge in [0.25, 0.3) is 5.91 Å². The first-order chi connectivity index (χ1) is 9.25. The second-order valence-electron chi connectivity index (χ2n) is 4.99. The van der Waals surface area contributed by atoms with Crippen molar-refractivity contribution < 1.29 is 4.79 Å². The van der Waals surface area contributed by atoms with Gasteiger partial charge in [-0.1, -0.05) is 24.3 Å². The lowest BCUT2D eigenvalue weighted by atomic mass is 10.1. The fourth-order valence-electron chi connectivity index (χ4n) is 2.57. The molecule has 0 radical (unpaired) electrons. The largest absolute Gasteiger partial charge is 0.347 e. The molecule has 0 spiro atoms. The van der Waals surface area contributed by atoms with Gasteiger partial charge in [0.05, 0.1) is 0 Å². The average Bonchev–Trinajstić information content (AvgIpc) is 2.99. The fraction of sp³-hybridized carbons (Fsp3) is 0.333. The van der Waals surface area contributed by atoms with Gasteiger partial charge in [0.1, 0.15) is 0 Å². The summed E-state index contributed by atoms with van der Waals surface area (Å²) in [6, 6.07) is 8.07. The molecule has 0 saturated carbocycles. The number of aryl methyl sites for hydroxylation is 2. The van der Waals surface area contributed by atoms with Crippen LogP contribution in [0.2, 0.25) is 0 Å². The molecule has 2 N–H and O–H groups in total. The average molecular weight is 255 g/mol. The van der Waals surface area contributed by atoms with Gasteiger partial charge in [-0.2, -0.15) is 5.10 Å². The minimum Gasteiger partial charge on any atom is -0.347 e. The minimum atomic E-state index is -0.0809. The predicted molar refractivity (Wildman–Crippen MR) is 73.0 cm³/mol. The van der Waals surface area contributed by atoms with Crippen LogP contribution in [0.15, 0.2) is 24.3 Å². The number of H-pyrrole nitrogens is 1. The number of hydrogen-bond donors (Lipinski definition) is 2. The molecule has 98 valence electrons. The molecule has 1 aromatic carbocycles. The molecule has 4 nitrogen and oxygen atoms in total. The quantitative estimate of drug-likeness (QED) is 0.882. The second kappa shape index (κ2) is 4.88. The number of hydrogen-bond acceptors (Lipinski definition) is 2. The van der Waals surface area contributed by atoms with Gasteiger partial charge in [0.2, 0.25) is 0 Å². The van der Waals surface area contributed by atoms with E-state index in [1.807, 2.05) is 31.2 Å². The molecule has 1 aliphatic rings. The third-order valence-corrected chi connectivity index (χ3v) is 3.72. The SMILES string of the molecule is Cc1ccccc1CNC(=O)c1n[nH]c2c1CCC2. The van der Waals surface area contributed by atoms with Gasteiger partial charge in [0, 0.05) is 17.8 Å². The molecule has 0 atom stereocenters. The lowest BCUT2D eigenvalue weighted by molar-refractivity contribution is 0.0945. The summed E-state index contributed by atoms with van der Waals surface area (Å²) in [7, 11) is 0. The highest BCUT2D eigenvalue weighted by molar-refractivity contribution is 5.94. The van der Waals surface area contributed by atoms with Crippen molar-refractivity contribution >= 4 is 5.91 Å². The molecular formula is C15H17N3O. The summed E-state index contributed by atoms with van der Waals surface area (Å²) in [4.78, 5) is 12.2. The number of carbonyl (C=O) groups excluding carboxylic acids is 1. The normalized spacial score (nSPS) is 13.3. The number of amides is 1. The molecule has 0 bridgehead atoms. The van der Waals surface area contributed by atoms with Crippen LogP contribution in [0.25, 0.3) is 0 Å². The van der Waals surface area contributed by atoms with Crippen molar-refractivity contribution in [2.24, 2.45) is 0 Å². The minimum absolute atomic E-state index is 0.0809. The lowest BCUT2D eigenvalue weighted by Gasteiger charge is -2.07. The summed E-state index contributed by atoms with van der Waals surface area (Å²) < 4.78 is 0. The monoisotopic (exact) mass is 255 g/mol. The van der Waals surface area contributed by atoms with Crippen LogP contribution in [0.3, 0.4) is 0 Å². The van der Waals surface area contributed by atoms with Gasteiger partial charge < -0.3 is 5.32 Å². The van der Waals surface area contributed by atoms with Gasteiger partial charge in [-0.15, -0.1) is 0 Å². The Morgan fingerprint density at radius 1 is 1.37 bits per heavy atom. The molecule has 3 rings (SSSR count). The van der Waals surface area contributed by atoms with Crippen molar-refractivity contribution in [3.05, 3.63) is 52.3 Å². The van der Waals surface area contributed by atoms with Gasteiger partial charge in [0.15, 0.2) is 5.69 Å². The Labute approximate surface area is 112 Å². The van der Waals surface area contributed by atoms with E-state index in [2.05, 4.69) is 15.5 Å². The van der Waals surface area contributed by atoms with E-state index in [1.165, 1.54) is 5.56 Å². The number of rotatable bonds is 3. The van der Waals surface area contributed by atoms with Crippen molar-refractivity contribution in [1.29, 1.82) is 0 Å². The topological polar surface area (TPSA) is 57.8 Å². The van der Waals surface area contributed by atoms with Crippen LogP contribution in [-0.4, -0.2) is 16.1 Å². The molecule has 1 aromatic heterocycles. The summed E-state index contributed by atoms with van der Waals surface area (Å²) in [5.74, 6) is -0.0809. The maximum atomic E-state index is 12.2. The van der Waals surface area contributed by atoms with E-state index in [9.17, 15) is 4.79 Å². The summed E-state index contributed by atoms with van der Waals surface area (Å²) in [6.07, 6.45) is 3.08. The molecule has 1 amide bonds. The Balaban J connectivity index is 1.70. The van der Waals surface area contributed by atoms with Gasteiger partial charge in [-0.25, -0.2) is 0 Å². The number of nitrogens with zero attached hydrogens (tertiary/aromatic N) is 1. The highest BCUT2D eigenvalue weighted by Crippen LogP contribution is 2.22. The summed E-state index contributed by atoms with van der Waals surface area (Å²) in [6.45, 7) is 2.60. The van der Waals surface area contributed by atoms with Crippen molar-refractivity contribution in [2.45, 2.75) is 32.7 Å². The maximum Gasteiger partial charge on any atom is 0.272 e. The van der Waals surface area contributed by atoms with Crippen molar-refractivity contribution in [3.63, 3.8) is 0 Å². The van der Waals surface area contributed by atoms with Crippen molar-refractivity contribution in [2.75, 3.05) is 0 Å². The first-order valence-electron chi connectivity index (χ1n) is 6.64. The molecule has 0 unspecified atom stereocenters. The standard InChI is InChI=1S/C15H17N3O/c1-10-5-2-3-6-11(10)9-16-15(19)14-12-7-4-8-13(12)17-18-14/h2-3,5-6H,4,7-9H2,1H3,(H,16,19)(H,17,18). The van der Waals surface area contributed by atoms with E-state index >= 15 is 0 Å². The molecule has 1 aliphatic carbocycles. The predicted octanol–water partition coefficient (Wildman–Crippen LogP) is 2.14. The molecule has 1 heterocycles. The first-order valence-corrected chi connectivity index (χ1v) is 6.64. The first kappa shape index (κ1) is 12.0. The zero-order chi connectivity index (χ0) is 13.2. The van der Waals surface area contributed by atoms with Crippen LogP contribution in [-0.2, 0) is 19.4 Å². The maximum absolute atomic E-state index is 12.2. The zero-order valence-corrected chi connectivity index (χ0v) is 11.0. The molecule has 4 heteroatoms. The Morgan fingerprint density at radius 2 is 2.21 bits per heavy atom. The van der Waals surface area contributed by atoms with Gasteiger partial charge in [-0.05, 0) is 37.3 Å². The smallest absolute Gasteiger partial charge is 0.272 e. The van der Waals surface area contributed by atoms with Crippen LogP contribution in [0, 0.1) is 6.92 Å². The Hall–Kier alpha value is -2.10. The summed E-state index contributed by atoms with van der Waals surface area (Å²) >= 11 is 0.